The van der Waals surface area contributed by atoms with E-state index < -0.39 is 0 Å². The van der Waals surface area contributed by atoms with Gasteiger partial charge >= 0.3 is 0 Å². The van der Waals surface area contributed by atoms with Crippen molar-refractivity contribution in [3.63, 3.8) is 0 Å². The molecule has 13 heavy (non-hydrogen) atoms. The summed E-state index contributed by atoms with van der Waals surface area (Å²) in [5.41, 5.74) is 2.25. The molecular weight excluding hydrogens is 164 g/mol. The van der Waals surface area contributed by atoms with Crippen molar-refractivity contribution in [2.24, 2.45) is 0 Å². The van der Waals surface area contributed by atoms with Gasteiger partial charge in [-0.05, 0) is 33.1 Å². The first-order valence-corrected chi connectivity index (χ1v) is 4.88. The largest absolute Gasteiger partial charge is 0.391 e. The number of hydrogen-bond donors (Lipinski definition) is 1. The van der Waals surface area contributed by atoms with Gasteiger partial charge in [-0.15, -0.1) is 0 Å². The Labute approximate surface area is 78.4 Å². The molecule has 2 atom stereocenters. The van der Waals surface area contributed by atoms with Crippen molar-refractivity contribution in [3.8, 4) is 0 Å². The highest BCUT2D eigenvalue weighted by atomic mass is 16.3. The molecule has 0 spiro atoms. The highest BCUT2D eigenvalue weighted by Crippen LogP contribution is 2.31. The summed E-state index contributed by atoms with van der Waals surface area (Å²) in [5, 5.41) is 9.73. The van der Waals surface area contributed by atoms with Crippen molar-refractivity contribution < 1.29 is 5.11 Å². The van der Waals surface area contributed by atoms with Gasteiger partial charge in [0.05, 0.1) is 24.2 Å². The normalized spacial score (nSPS) is 28.2. The van der Waals surface area contributed by atoms with E-state index in [2.05, 4.69) is 16.5 Å². The predicted molar refractivity (Wildman–Crippen MR) is 50.6 cm³/mol. The minimum absolute atomic E-state index is 0.174. The van der Waals surface area contributed by atoms with Crippen LogP contribution >= 0.6 is 0 Å². The van der Waals surface area contributed by atoms with Crippen LogP contribution in [0.1, 0.15) is 36.7 Å². The number of imidazole rings is 1. The molecule has 1 aliphatic rings. The zero-order valence-electron chi connectivity index (χ0n) is 8.20. The summed E-state index contributed by atoms with van der Waals surface area (Å²) >= 11 is 0. The minimum Gasteiger partial charge on any atom is -0.391 e. The van der Waals surface area contributed by atoms with Gasteiger partial charge in [-0.1, -0.05) is 0 Å². The van der Waals surface area contributed by atoms with E-state index >= 15 is 0 Å². The van der Waals surface area contributed by atoms with Crippen molar-refractivity contribution >= 4 is 0 Å². The molecule has 72 valence electrons. The fraction of sp³-hybridized carbons (Fsp3) is 0.700. The Kier molecular flexibility index (Phi) is 2.12. The number of nitrogens with zero attached hydrogens (tertiary/aromatic N) is 2. The Bertz CT molecular complexity index is 306. The Morgan fingerprint density at radius 2 is 2.23 bits per heavy atom. The van der Waals surface area contributed by atoms with Crippen LogP contribution in [0, 0.1) is 13.8 Å². The average Bonchev–Trinajstić information content (AvgIpc) is 2.62. The van der Waals surface area contributed by atoms with Gasteiger partial charge in [0.15, 0.2) is 0 Å². The fourth-order valence-corrected chi connectivity index (χ4v) is 2.10. The van der Waals surface area contributed by atoms with Crippen molar-refractivity contribution in [2.45, 2.75) is 45.3 Å². The number of aromatic nitrogens is 2. The third kappa shape index (κ3) is 1.37. The summed E-state index contributed by atoms with van der Waals surface area (Å²) < 4.78 is 2.12. The van der Waals surface area contributed by atoms with Crippen LogP contribution in [0.3, 0.4) is 0 Å². The van der Waals surface area contributed by atoms with E-state index in [1.54, 1.807) is 0 Å². The van der Waals surface area contributed by atoms with Crippen LogP contribution in [0.2, 0.25) is 0 Å². The molecule has 1 aromatic heterocycles. The standard InChI is InChI=1S/C10H16N2O/c1-7-8(2)12(6-11-7)9-4-3-5-10(9)13/h6,9-10,13H,3-5H2,1-2H3. The number of aliphatic hydroxyl groups is 1. The van der Waals surface area contributed by atoms with Crippen LogP contribution < -0.4 is 0 Å². The van der Waals surface area contributed by atoms with E-state index in [4.69, 9.17) is 0 Å². The van der Waals surface area contributed by atoms with Crippen LogP contribution in [0.25, 0.3) is 0 Å². The van der Waals surface area contributed by atoms with Gasteiger partial charge < -0.3 is 9.67 Å². The molecule has 0 aliphatic heterocycles. The molecule has 0 aromatic carbocycles. The molecule has 0 radical (unpaired) electrons. The third-order valence-corrected chi connectivity index (χ3v) is 3.09. The summed E-state index contributed by atoms with van der Waals surface area (Å²) in [7, 11) is 0. The smallest absolute Gasteiger partial charge is 0.0954 e. The number of hydrogen-bond acceptors (Lipinski definition) is 2. The van der Waals surface area contributed by atoms with Crippen LogP contribution in [-0.2, 0) is 0 Å². The van der Waals surface area contributed by atoms with Crippen LogP contribution in [0.15, 0.2) is 6.33 Å². The molecule has 2 unspecified atom stereocenters. The summed E-state index contributed by atoms with van der Waals surface area (Å²) in [6.45, 7) is 4.07. The van der Waals surface area contributed by atoms with E-state index in [9.17, 15) is 5.11 Å². The first-order chi connectivity index (χ1) is 6.20. The molecule has 3 heteroatoms. The van der Waals surface area contributed by atoms with Crippen LogP contribution in [-0.4, -0.2) is 20.8 Å². The predicted octanol–water partition coefficient (Wildman–Crippen LogP) is 1.59. The SMILES string of the molecule is Cc1ncn(C2CCCC2O)c1C. The zero-order valence-corrected chi connectivity index (χ0v) is 8.20. The van der Waals surface area contributed by atoms with Crippen LogP contribution in [0.5, 0.6) is 0 Å². The molecule has 1 fully saturated rings. The maximum Gasteiger partial charge on any atom is 0.0954 e. The number of aliphatic hydroxyl groups excluding tert-OH is 1. The summed E-state index contributed by atoms with van der Waals surface area (Å²) in [5.74, 6) is 0. The molecule has 1 heterocycles. The van der Waals surface area contributed by atoms with Crippen molar-refractivity contribution in [2.75, 3.05) is 0 Å². The first-order valence-electron chi connectivity index (χ1n) is 4.88. The molecule has 0 saturated heterocycles. The highest BCUT2D eigenvalue weighted by molar-refractivity contribution is 5.10. The zero-order chi connectivity index (χ0) is 9.42. The average molecular weight is 180 g/mol. The second kappa shape index (κ2) is 3.14. The molecular formula is C10H16N2O. The molecule has 0 amide bonds. The Balaban J connectivity index is 2.29. The van der Waals surface area contributed by atoms with Gasteiger partial charge in [-0.25, -0.2) is 4.98 Å². The lowest BCUT2D eigenvalue weighted by molar-refractivity contribution is 0.135. The maximum absolute atomic E-state index is 9.73. The van der Waals surface area contributed by atoms with E-state index in [1.807, 2.05) is 13.3 Å². The lowest BCUT2D eigenvalue weighted by Crippen LogP contribution is -2.18. The molecule has 3 nitrogen and oxygen atoms in total. The van der Waals surface area contributed by atoms with Crippen molar-refractivity contribution in [1.29, 1.82) is 0 Å². The number of rotatable bonds is 1. The van der Waals surface area contributed by atoms with E-state index in [0.29, 0.717) is 0 Å². The van der Waals surface area contributed by atoms with Gasteiger partial charge in [0, 0.05) is 5.69 Å². The molecule has 1 aliphatic carbocycles. The minimum atomic E-state index is -0.174. The van der Waals surface area contributed by atoms with E-state index in [-0.39, 0.29) is 12.1 Å². The Morgan fingerprint density at radius 3 is 2.69 bits per heavy atom. The monoisotopic (exact) mass is 180 g/mol. The van der Waals surface area contributed by atoms with Crippen molar-refractivity contribution in [1.82, 2.24) is 9.55 Å². The first kappa shape index (κ1) is 8.75. The Hall–Kier alpha value is -0.830. The topological polar surface area (TPSA) is 38.0 Å². The molecule has 2 rings (SSSR count). The van der Waals surface area contributed by atoms with E-state index in [1.165, 1.54) is 5.69 Å². The molecule has 1 N–H and O–H groups in total. The van der Waals surface area contributed by atoms with Crippen molar-refractivity contribution in [3.05, 3.63) is 17.7 Å². The Morgan fingerprint density at radius 1 is 1.46 bits per heavy atom. The summed E-state index contributed by atoms with van der Waals surface area (Å²) in [6, 6.07) is 0.265. The molecule has 1 saturated carbocycles. The van der Waals surface area contributed by atoms with Gasteiger partial charge in [-0.2, -0.15) is 0 Å². The van der Waals surface area contributed by atoms with Gasteiger partial charge in [0.2, 0.25) is 0 Å². The second-order valence-corrected chi connectivity index (χ2v) is 3.89. The third-order valence-electron chi connectivity index (χ3n) is 3.09. The second-order valence-electron chi connectivity index (χ2n) is 3.89. The lowest BCUT2D eigenvalue weighted by atomic mass is 10.2. The maximum atomic E-state index is 9.73. The van der Waals surface area contributed by atoms with Gasteiger partial charge in [-0.3, -0.25) is 0 Å². The summed E-state index contributed by atoms with van der Waals surface area (Å²) in [4.78, 5) is 4.25. The molecule has 1 aromatic rings. The van der Waals surface area contributed by atoms with E-state index in [0.717, 1.165) is 25.0 Å². The van der Waals surface area contributed by atoms with Crippen LogP contribution in [0.4, 0.5) is 0 Å². The van der Waals surface area contributed by atoms with Gasteiger partial charge in [0.25, 0.3) is 0 Å². The lowest BCUT2D eigenvalue weighted by Gasteiger charge is -2.17. The highest BCUT2D eigenvalue weighted by Gasteiger charge is 2.27. The summed E-state index contributed by atoms with van der Waals surface area (Å²) in [6.07, 6.45) is 4.82. The fourth-order valence-electron chi connectivity index (χ4n) is 2.10. The van der Waals surface area contributed by atoms with Gasteiger partial charge in [0.1, 0.15) is 0 Å². The molecule has 0 bridgehead atoms. The number of aryl methyl sites for hydroxylation is 1. The quantitative estimate of drug-likeness (QED) is 0.712.